The van der Waals surface area contributed by atoms with Crippen molar-refractivity contribution in [1.82, 2.24) is 9.61 Å². The Balaban J connectivity index is 2.48. The molecule has 13 heavy (non-hydrogen) atoms. The van der Waals surface area contributed by atoms with Gasteiger partial charge < -0.3 is 10.8 Å². The van der Waals surface area contributed by atoms with Crippen LogP contribution in [0, 0.1) is 0 Å². The first-order valence-electron chi connectivity index (χ1n) is 4.12. The van der Waals surface area contributed by atoms with E-state index in [-0.39, 0.29) is 6.54 Å². The highest BCUT2D eigenvalue weighted by Crippen LogP contribution is 2.13. The minimum absolute atomic E-state index is 0.240. The highest BCUT2D eigenvalue weighted by atomic mass is 16.3. The Labute approximate surface area is 75.6 Å². The molecule has 1 atom stereocenters. The number of nitrogens with zero attached hydrogens (tertiary/aromatic N) is 2. The normalized spacial score (nSPS) is 13.4. The average Bonchev–Trinajstić information content (AvgIpc) is 2.63. The third-order valence-electron chi connectivity index (χ3n) is 2.03. The molecule has 3 N–H and O–H groups in total. The van der Waals surface area contributed by atoms with Crippen LogP contribution in [0.4, 0.5) is 0 Å². The zero-order valence-corrected chi connectivity index (χ0v) is 7.09. The molecule has 0 amide bonds. The molecule has 0 spiro atoms. The van der Waals surface area contributed by atoms with Gasteiger partial charge in [-0.2, -0.15) is 5.10 Å². The number of aromatic nitrogens is 2. The lowest BCUT2D eigenvalue weighted by molar-refractivity contribution is 0.187. The van der Waals surface area contributed by atoms with Crippen molar-refractivity contribution in [2.45, 2.75) is 6.10 Å². The van der Waals surface area contributed by atoms with E-state index in [4.69, 9.17) is 5.73 Å². The van der Waals surface area contributed by atoms with Crippen LogP contribution in [0.2, 0.25) is 0 Å². The van der Waals surface area contributed by atoms with Crippen molar-refractivity contribution >= 4 is 5.52 Å². The van der Waals surface area contributed by atoms with Crippen LogP contribution in [-0.2, 0) is 0 Å². The van der Waals surface area contributed by atoms with Gasteiger partial charge in [0.25, 0.3) is 0 Å². The summed E-state index contributed by atoms with van der Waals surface area (Å²) in [5.41, 5.74) is 7.14. The van der Waals surface area contributed by atoms with Gasteiger partial charge in [0, 0.05) is 18.9 Å². The minimum atomic E-state index is -0.583. The number of hydrogen-bond donors (Lipinski definition) is 2. The predicted molar refractivity (Wildman–Crippen MR) is 49.2 cm³/mol. The van der Waals surface area contributed by atoms with Crippen molar-refractivity contribution < 1.29 is 5.11 Å². The van der Waals surface area contributed by atoms with E-state index in [0.717, 1.165) is 11.1 Å². The highest BCUT2D eigenvalue weighted by Gasteiger charge is 2.05. The van der Waals surface area contributed by atoms with E-state index < -0.39 is 6.10 Å². The molecule has 0 aromatic carbocycles. The average molecular weight is 177 g/mol. The molecule has 0 aliphatic heterocycles. The maximum Gasteiger partial charge on any atom is 0.0913 e. The van der Waals surface area contributed by atoms with Gasteiger partial charge in [-0.1, -0.05) is 0 Å². The quantitative estimate of drug-likeness (QED) is 0.694. The van der Waals surface area contributed by atoms with Gasteiger partial charge in [-0.15, -0.1) is 0 Å². The maximum atomic E-state index is 9.47. The molecule has 0 bridgehead atoms. The molecule has 68 valence electrons. The van der Waals surface area contributed by atoms with Crippen LogP contribution in [0.15, 0.2) is 30.6 Å². The topological polar surface area (TPSA) is 63.5 Å². The molecule has 0 fully saturated rings. The highest BCUT2D eigenvalue weighted by molar-refractivity contribution is 5.47. The summed E-state index contributed by atoms with van der Waals surface area (Å²) in [4.78, 5) is 0. The molecule has 2 aromatic rings. The van der Waals surface area contributed by atoms with Crippen LogP contribution < -0.4 is 5.73 Å². The monoisotopic (exact) mass is 177 g/mol. The SMILES string of the molecule is NCC(O)c1ccn2nccc2c1. The van der Waals surface area contributed by atoms with Crippen LogP contribution in [0.1, 0.15) is 11.7 Å². The number of nitrogens with two attached hydrogens (primary N) is 1. The second-order valence-electron chi connectivity index (χ2n) is 2.91. The van der Waals surface area contributed by atoms with Gasteiger partial charge in [-0.25, -0.2) is 4.52 Å². The molecular weight excluding hydrogens is 166 g/mol. The Morgan fingerprint density at radius 2 is 2.38 bits per heavy atom. The van der Waals surface area contributed by atoms with E-state index in [2.05, 4.69) is 5.10 Å². The van der Waals surface area contributed by atoms with Gasteiger partial charge in [0.15, 0.2) is 0 Å². The molecule has 0 saturated carbocycles. The van der Waals surface area contributed by atoms with Crippen molar-refractivity contribution in [2.75, 3.05) is 6.54 Å². The van der Waals surface area contributed by atoms with E-state index in [0.29, 0.717) is 0 Å². The Morgan fingerprint density at radius 1 is 1.54 bits per heavy atom. The number of aliphatic hydroxyl groups is 1. The molecule has 0 aliphatic rings. The van der Waals surface area contributed by atoms with Crippen molar-refractivity contribution in [3.63, 3.8) is 0 Å². The van der Waals surface area contributed by atoms with Gasteiger partial charge in [-0.05, 0) is 23.8 Å². The standard InChI is InChI=1S/C9H11N3O/c10-6-9(13)7-2-4-12-8(5-7)1-3-11-12/h1-5,9,13H,6,10H2. The van der Waals surface area contributed by atoms with Crippen molar-refractivity contribution in [1.29, 1.82) is 0 Å². The molecule has 0 saturated heterocycles. The summed E-state index contributed by atoms with van der Waals surface area (Å²) >= 11 is 0. The maximum absolute atomic E-state index is 9.47. The fourth-order valence-electron chi connectivity index (χ4n) is 1.28. The van der Waals surface area contributed by atoms with Crippen molar-refractivity contribution in [3.05, 3.63) is 36.2 Å². The lowest BCUT2D eigenvalue weighted by Gasteiger charge is -2.07. The predicted octanol–water partition coefficient (Wildman–Crippen LogP) is 0.326. The summed E-state index contributed by atoms with van der Waals surface area (Å²) in [7, 11) is 0. The largest absolute Gasteiger partial charge is 0.387 e. The van der Waals surface area contributed by atoms with Crippen LogP contribution >= 0.6 is 0 Å². The van der Waals surface area contributed by atoms with Crippen molar-refractivity contribution in [3.8, 4) is 0 Å². The lowest BCUT2D eigenvalue weighted by atomic mass is 10.1. The zero-order chi connectivity index (χ0) is 9.26. The summed E-state index contributed by atoms with van der Waals surface area (Å²) < 4.78 is 1.74. The van der Waals surface area contributed by atoms with Gasteiger partial charge in [0.05, 0.1) is 11.6 Å². The summed E-state index contributed by atoms with van der Waals surface area (Å²) in [5, 5.41) is 13.5. The van der Waals surface area contributed by atoms with Gasteiger partial charge in [0.2, 0.25) is 0 Å². The molecule has 4 nitrogen and oxygen atoms in total. The van der Waals surface area contributed by atoms with E-state index >= 15 is 0 Å². The van der Waals surface area contributed by atoms with Crippen LogP contribution in [0.25, 0.3) is 5.52 Å². The van der Waals surface area contributed by atoms with Crippen molar-refractivity contribution in [2.24, 2.45) is 5.73 Å². The van der Waals surface area contributed by atoms with Crippen LogP contribution in [-0.4, -0.2) is 21.3 Å². The van der Waals surface area contributed by atoms with Gasteiger partial charge in [-0.3, -0.25) is 0 Å². The van der Waals surface area contributed by atoms with E-state index in [9.17, 15) is 5.11 Å². The first-order chi connectivity index (χ1) is 6.31. The van der Waals surface area contributed by atoms with E-state index in [1.54, 1.807) is 10.7 Å². The summed E-state index contributed by atoms with van der Waals surface area (Å²) in [6.07, 6.45) is 2.94. The van der Waals surface area contributed by atoms with Gasteiger partial charge >= 0.3 is 0 Å². The second-order valence-corrected chi connectivity index (χ2v) is 2.91. The van der Waals surface area contributed by atoms with E-state index in [1.807, 2.05) is 24.4 Å². The number of rotatable bonds is 2. The number of aliphatic hydroxyl groups excluding tert-OH is 1. The van der Waals surface area contributed by atoms with Crippen LogP contribution in [0.5, 0.6) is 0 Å². The smallest absolute Gasteiger partial charge is 0.0913 e. The fourth-order valence-corrected chi connectivity index (χ4v) is 1.28. The molecular formula is C9H11N3O. The summed E-state index contributed by atoms with van der Waals surface area (Å²) in [6, 6.07) is 5.58. The molecule has 4 heteroatoms. The second kappa shape index (κ2) is 3.16. The summed E-state index contributed by atoms with van der Waals surface area (Å²) in [5.74, 6) is 0. The minimum Gasteiger partial charge on any atom is -0.387 e. The fraction of sp³-hybridized carbons (Fsp3) is 0.222. The number of fused-ring (bicyclic) bond motifs is 1. The third-order valence-corrected chi connectivity index (χ3v) is 2.03. The molecule has 0 aliphatic carbocycles. The Bertz CT molecular complexity index is 410. The Hall–Kier alpha value is -1.39. The van der Waals surface area contributed by atoms with Crippen LogP contribution in [0.3, 0.4) is 0 Å². The molecule has 2 rings (SSSR count). The molecule has 2 heterocycles. The number of hydrogen-bond acceptors (Lipinski definition) is 3. The molecule has 0 radical (unpaired) electrons. The number of pyridine rings is 1. The Kier molecular flexibility index (Phi) is 2.00. The third kappa shape index (κ3) is 1.41. The molecule has 2 aromatic heterocycles. The first-order valence-corrected chi connectivity index (χ1v) is 4.12. The van der Waals surface area contributed by atoms with Gasteiger partial charge in [0.1, 0.15) is 0 Å². The molecule has 1 unspecified atom stereocenters. The zero-order valence-electron chi connectivity index (χ0n) is 7.09. The Morgan fingerprint density at radius 3 is 3.15 bits per heavy atom. The lowest BCUT2D eigenvalue weighted by Crippen LogP contribution is -2.11. The van der Waals surface area contributed by atoms with E-state index in [1.165, 1.54) is 0 Å². The summed E-state index contributed by atoms with van der Waals surface area (Å²) in [6.45, 7) is 0.240. The first kappa shape index (κ1) is 8.22.